The fraction of sp³-hybridized carbons (Fsp3) is 0.0200. The van der Waals surface area contributed by atoms with Crippen LogP contribution in [0.1, 0.15) is 22.3 Å². The van der Waals surface area contributed by atoms with Gasteiger partial charge in [0.2, 0.25) is 0 Å². The van der Waals surface area contributed by atoms with Crippen LogP contribution in [0.2, 0.25) is 0 Å². The zero-order valence-electron chi connectivity index (χ0n) is 28.3. The highest BCUT2D eigenvalue weighted by Crippen LogP contribution is 2.62. The summed E-state index contributed by atoms with van der Waals surface area (Å²) in [6.07, 6.45) is 0. The molecule has 10 rings (SSSR count). The molecule has 1 aliphatic heterocycles. The smallest absolute Gasteiger partial charge is 0.187 e. The van der Waals surface area contributed by atoms with E-state index in [2.05, 4.69) is 169 Å². The zero-order chi connectivity index (χ0) is 34.6. The molecule has 0 unspecified atom stereocenters. The van der Waals surface area contributed by atoms with Crippen molar-refractivity contribution in [2.75, 3.05) is 0 Å². The van der Waals surface area contributed by atoms with Crippen molar-refractivity contribution in [1.29, 1.82) is 0 Å². The Bertz CT molecular complexity index is 2670. The normalized spacial score (nSPS) is 12.9. The van der Waals surface area contributed by atoms with Crippen LogP contribution in [0.15, 0.2) is 188 Å². The molecule has 0 fully saturated rings. The second kappa shape index (κ2) is 11.8. The zero-order valence-corrected chi connectivity index (χ0v) is 28.3. The number of benzene rings is 8. The first-order chi connectivity index (χ1) is 25.7. The maximum Gasteiger partial charge on any atom is 0.187 e. The van der Waals surface area contributed by atoms with E-state index in [1.807, 2.05) is 24.3 Å². The quantitative estimate of drug-likeness (QED) is 0.171. The number of hydrogen-bond acceptors (Lipinski definition) is 1. The Morgan fingerprint density at radius 2 is 0.808 bits per heavy atom. The van der Waals surface area contributed by atoms with Crippen molar-refractivity contribution in [3.05, 3.63) is 222 Å². The highest BCUT2D eigenvalue weighted by Gasteiger charge is 2.51. The van der Waals surface area contributed by atoms with E-state index in [0.717, 1.165) is 61.6 Å². The van der Waals surface area contributed by atoms with Crippen molar-refractivity contribution in [3.63, 3.8) is 0 Å². The molecule has 2 aliphatic rings. The lowest BCUT2D eigenvalue weighted by Gasteiger charge is -2.39. The van der Waals surface area contributed by atoms with Gasteiger partial charge in [0, 0.05) is 11.1 Å². The Morgan fingerprint density at radius 3 is 1.48 bits per heavy atom. The van der Waals surface area contributed by atoms with Crippen LogP contribution in [0.3, 0.4) is 0 Å². The molecule has 1 aliphatic carbocycles. The van der Waals surface area contributed by atoms with Gasteiger partial charge in [0.1, 0.15) is 11.5 Å². The van der Waals surface area contributed by atoms with E-state index >= 15 is 0 Å². The summed E-state index contributed by atoms with van der Waals surface area (Å²) >= 11 is 0. The van der Waals surface area contributed by atoms with Crippen LogP contribution < -0.4 is 4.74 Å². The third kappa shape index (κ3) is 4.57. The molecule has 0 amide bonds. The average molecular weight is 662 g/mol. The summed E-state index contributed by atoms with van der Waals surface area (Å²) in [5, 5.41) is 0. The lowest BCUT2D eigenvalue weighted by molar-refractivity contribution is 0.436. The van der Waals surface area contributed by atoms with Crippen molar-refractivity contribution < 1.29 is 4.74 Å². The molecule has 0 saturated heterocycles. The largest absolute Gasteiger partial charge is 0.457 e. The number of hydrogen-bond donors (Lipinski definition) is 0. The van der Waals surface area contributed by atoms with Crippen LogP contribution in [0, 0.1) is 6.57 Å². The molecular formula is C50H31NO. The molecule has 52 heavy (non-hydrogen) atoms. The highest BCUT2D eigenvalue weighted by atomic mass is 16.5. The lowest BCUT2D eigenvalue weighted by atomic mass is 9.65. The van der Waals surface area contributed by atoms with E-state index in [4.69, 9.17) is 11.3 Å². The van der Waals surface area contributed by atoms with Gasteiger partial charge in [-0.2, -0.15) is 0 Å². The minimum atomic E-state index is -0.523. The van der Waals surface area contributed by atoms with E-state index in [1.54, 1.807) is 0 Å². The van der Waals surface area contributed by atoms with E-state index in [-0.39, 0.29) is 0 Å². The molecule has 2 heteroatoms. The summed E-state index contributed by atoms with van der Waals surface area (Å²) in [5.74, 6) is 1.77. The van der Waals surface area contributed by atoms with Crippen LogP contribution in [-0.4, -0.2) is 0 Å². The molecule has 8 aromatic carbocycles. The predicted octanol–water partition coefficient (Wildman–Crippen LogP) is 13.4. The minimum absolute atomic E-state index is 0.523. The van der Waals surface area contributed by atoms with Gasteiger partial charge in [-0.1, -0.05) is 146 Å². The molecule has 242 valence electrons. The highest BCUT2D eigenvalue weighted by molar-refractivity contribution is 5.90. The van der Waals surface area contributed by atoms with Gasteiger partial charge in [0.05, 0.1) is 12.0 Å². The topological polar surface area (TPSA) is 13.6 Å². The average Bonchev–Trinajstić information content (AvgIpc) is 3.52. The van der Waals surface area contributed by atoms with Crippen LogP contribution in [0.5, 0.6) is 11.5 Å². The predicted molar refractivity (Wildman–Crippen MR) is 212 cm³/mol. The van der Waals surface area contributed by atoms with Crippen LogP contribution in [0.4, 0.5) is 5.69 Å². The van der Waals surface area contributed by atoms with Crippen molar-refractivity contribution in [2.24, 2.45) is 0 Å². The molecule has 0 saturated carbocycles. The van der Waals surface area contributed by atoms with Crippen molar-refractivity contribution in [2.45, 2.75) is 5.41 Å². The van der Waals surface area contributed by atoms with Gasteiger partial charge < -0.3 is 4.74 Å². The van der Waals surface area contributed by atoms with E-state index in [1.165, 1.54) is 27.8 Å². The summed E-state index contributed by atoms with van der Waals surface area (Å²) in [6.45, 7) is 7.36. The summed E-state index contributed by atoms with van der Waals surface area (Å²) < 4.78 is 6.72. The van der Waals surface area contributed by atoms with Gasteiger partial charge in [0.25, 0.3) is 0 Å². The third-order valence-electron chi connectivity index (χ3n) is 10.7. The van der Waals surface area contributed by atoms with Gasteiger partial charge in [0.15, 0.2) is 5.69 Å². The number of ether oxygens (including phenoxy) is 1. The van der Waals surface area contributed by atoms with Crippen molar-refractivity contribution >= 4 is 5.69 Å². The van der Waals surface area contributed by atoms with Crippen molar-refractivity contribution in [1.82, 2.24) is 0 Å². The summed E-state index contributed by atoms with van der Waals surface area (Å²) in [6, 6.07) is 67.0. The van der Waals surface area contributed by atoms with E-state index < -0.39 is 5.41 Å². The minimum Gasteiger partial charge on any atom is -0.457 e. The molecule has 0 bridgehead atoms. The first-order valence-corrected chi connectivity index (χ1v) is 17.6. The lowest BCUT2D eigenvalue weighted by Crippen LogP contribution is -2.32. The maximum atomic E-state index is 7.36. The van der Waals surface area contributed by atoms with Gasteiger partial charge in [-0.15, -0.1) is 0 Å². The van der Waals surface area contributed by atoms with Crippen LogP contribution in [0.25, 0.3) is 60.5 Å². The van der Waals surface area contributed by atoms with Crippen LogP contribution >= 0.6 is 0 Å². The van der Waals surface area contributed by atoms with Crippen LogP contribution in [-0.2, 0) is 5.41 Å². The number of rotatable bonds is 4. The Labute approximate surface area is 303 Å². The molecule has 1 spiro atoms. The van der Waals surface area contributed by atoms with E-state index in [9.17, 15) is 0 Å². The Hall–Kier alpha value is -6.95. The van der Waals surface area contributed by atoms with Gasteiger partial charge >= 0.3 is 0 Å². The first kappa shape index (κ1) is 29.9. The van der Waals surface area contributed by atoms with Gasteiger partial charge in [-0.25, -0.2) is 4.85 Å². The van der Waals surface area contributed by atoms with Crippen molar-refractivity contribution in [3.8, 4) is 67.1 Å². The van der Waals surface area contributed by atoms with Gasteiger partial charge in [-0.05, 0) is 109 Å². The number of para-hydroxylation sites is 1. The fourth-order valence-electron chi connectivity index (χ4n) is 8.40. The Kier molecular flexibility index (Phi) is 6.81. The number of nitrogens with zero attached hydrogens (tertiary/aromatic N) is 1. The molecule has 1 heterocycles. The Morgan fingerprint density at radius 1 is 0.346 bits per heavy atom. The molecule has 0 N–H and O–H groups in total. The third-order valence-corrected chi connectivity index (χ3v) is 10.7. The summed E-state index contributed by atoms with van der Waals surface area (Å²) in [5.41, 5.74) is 16.6. The molecular weight excluding hydrogens is 631 g/mol. The maximum absolute atomic E-state index is 7.36. The summed E-state index contributed by atoms with van der Waals surface area (Å²) in [4.78, 5) is 3.57. The number of fused-ring (bicyclic) bond motifs is 9. The second-order valence-electron chi connectivity index (χ2n) is 13.6. The monoisotopic (exact) mass is 661 g/mol. The fourth-order valence-corrected chi connectivity index (χ4v) is 8.40. The molecule has 0 atom stereocenters. The molecule has 8 aromatic rings. The standard InChI is InChI=1S/C50H31NO/c1-51-41-25-22-34(23-26-41)35-14-11-15-36(28-35)39-29-38(33-12-3-2-4-13-33)30-40(31-39)37-24-27-49-47(32-37)50(46-20-9-10-21-48(46)52-49)44-18-7-5-16-42(44)43-17-6-8-19-45(43)50/h2-32H. The molecule has 0 radical (unpaired) electrons. The molecule has 0 aromatic heterocycles. The summed E-state index contributed by atoms with van der Waals surface area (Å²) in [7, 11) is 0. The first-order valence-electron chi connectivity index (χ1n) is 17.6. The molecule has 2 nitrogen and oxygen atoms in total. The van der Waals surface area contributed by atoms with Gasteiger partial charge in [-0.3, -0.25) is 0 Å². The Balaban J connectivity index is 1.19. The second-order valence-corrected chi connectivity index (χ2v) is 13.6. The SMILES string of the molecule is [C-]#[N+]c1ccc(-c2cccc(-c3cc(-c4ccccc4)cc(-c4ccc5c(c4)C4(c6ccccc6O5)c5ccccc5-c5ccccc54)c3)c2)cc1. The van der Waals surface area contributed by atoms with E-state index in [0.29, 0.717) is 5.69 Å².